The van der Waals surface area contributed by atoms with E-state index in [9.17, 15) is 8.42 Å². The number of rotatable bonds is 2. The van der Waals surface area contributed by atoms with Gasteiger partial charge in [-0.15, -0.1) is 0 Å². The zero-order valence-corrected chi connectivity index (χ0v) is 8.40. The van der Waals surface area contributed by atoms with Crippen molar-refractivity contribution in [3.63, 3.8) is 0 Å². The number of hydrogen-bond acceptors (Lipinski definition) is 2. The smallest absolute Gasteiger partial charge is 0.268 e. The van der Waals surface area contributed by atoms with E-state index in [-0.39, 0.29) is 35.3 Å². The van der Waals surface area contributed by atoms with Crippen LogP contribution in [-0.2, 0) is 10.1 Å². The molecule has 0 aromatic rings. The topological polar surface area (TPSA) is 54.4 Å². The first-order valence-electron chi connectivity index (χ1n) is 2.01. The first kappa shape index (κ1) is 12.3. The van der Waals surface area contributed by atoms with Crippen LogP contribution in [0.25, 0.3) is 0 Å². The quantitative estimate of drug-likeness (QED) is 0.352. The van der Waals surface area contributed by atoms with Crippen molar-refractivity contribution in [2.75, 3.05) is 5.75 Å². The molecule has 0 amide bonds. The van der Waals surface area contributed by atoms with Crippen LogP contribution in [0.2, 0.25) is 0 Å². The first-order chi connectivity index (χ1) is 3.42. The maximum atomic E-state index is 9.94. The Bertz CT molecular complexity index is 182. The van der Waals surface area contributed by atoms with Crippen molar-refractivity contribution in [1.82, 2.24) is 0 Å². The molecule has 1 radical (unpaired) electrons. The fourth-order valence-electron chi connectivity index (χ4n) is 0.311. The second-order valence-corrected chi connectivity index (χ2v) is 3.14. The molecule has 0 aliphatic heterocycles. The van der Waals surface area contributed by atoms with E-state index in [1.807, 2.05) is 0 Å². The Morgan fingerprint density at radius 1 is 1.67 bits per heavy atom. The summed E-state index contributed by atoms with van der Waals surface area (Å²) < 4.78 is 28.0. The molecule has 0 aliphatic rings. The zero-order chi connectivity index (χ0) is 6.78. The van der Waals surface area contributed by atoms with E-state index >= 15 is 0 Å². The van der Waals surface area contributed by atoms with Gasteiger partial charge in [0.15, 0.2) is 0 Å². The van der Waals surface area contributed by atoms with E-state index in [0.717, 1.165) is 0 Å². The summed E-state index contributed by atoms with van der Waals surface area (Å²) in [7, 11) is -3.82. The molecule has 0 heterocycles. The summed E-state index contributed by atoms with van der Waals surface area (Å²) in [6.07, 6.45) is 0. The maximum Gasteiger partial charge on any atom is 0.268 e. The summed E-state index contributed by atoms with van der Waals surface area (Å²) in [5.74, 6) is -0.340. The first-order valence-corrected chi connectivity index (χ1v) is 3.62. The van der Waals surface area contributed by atoms with Crippen LogP contribution in [0.15, 0.2) is 12.2 Å². The molecular formula is C4H8NaO3S. The van der Waals surface area contributed by atoms with E-state index < -0.39 is 10.1 Å². The summed E-state index contributed by atoms with van der Waals surface area (Å²) in [6.45, 7) is 4.84. The molecule has 0 saturated heterocycles. The van der Waals surface area contributed by atoms with Gasteiger partial charge >= 0.3 is 0 Å². The third-order valence-corrected chi connectivity index (χ3v) is 1.29. The Labute approximate surface area is 77.2 Å². The molecular weight excluding hydrogens is 151 g/mol. The van der Waals surface area contributed by atoms with Gasteiger partial charge in [0.1, 0.15) is 0 Å². The van der Waals surface area contributed by atoms with E-state index in [2.05, 4.69) is 6.58 Å². The predicted molar refractivity (Wildman–Crippen MR) is 37.0 cm³/mol. The van der Waals surface area contributed by atoms with Crippen molar-refractivity contribution < 1.29 is 13.0 Å². The van der Waals surface area contributed by atoms with Crippen molar-refractivity contribution in [2.45, 2.75) is 6.92 Å². The minimum atomic E-state index is -3.82. The molecule has 5 heteroatoms. The molecule has 0 aromatic carbocycles. The molecule has 0 spiro atoms. The predicted octanol–water partition coefficient (Wildman–Crippen LogP) is 0.0695. The van der Waals surface area contributed by atoms with Crippen molar-refractivity contribution in [3.05, 3.63) is 12.2 Å². The van der Waals surface area contributed by atoms with Crippen LogP contribution in [-0.4, -0.2) is 48.3 Å². The Kier molecular flexibility index (Phi) is 6.12. The molecule has 0 aliphatic carbocycles. The normalized spacial score (nSPS) is 10.0. The largest absolute Gasteiger partial charge is 0.285 e. The van der Waals surface area contributed by atoms with Crippen LogP contribution in [0.1, 0.15) is 6.92 Å². The standard InChI is InChI=1S/C4H8O3S.Na/c1-4(2)3-8(5,6)7;/h1,3H2,2H3,(H,5,6,7);. The summed E-state index contributed by atoms with van der Waals surface area (Å²) in [5.41, 5.74) is 0.438. The minimum Gasteiger partial charge on any atom is -0.285 e. The van der Waals surface area contributed by atoms with Crippen molar-refractivity contribution in [3.8, 4) is 0 Å². The summed E-state index contributed by atoms with van der Waals surface area (Å²) in [6, 6.07) is 0. The van der Waals surface area contributed by atoms with Gasteiger partial charge in [0.2, 0.25) is 0 Å². The summed E-state index contributed by atoms with van der Waals surface area (Å²) in [5, 5.41) is 0. The van der Waals surface area contributed by atoms with Gasteiger partial charge in [-0.1, -0.05) is 12.2 Å². The van der Waals surface area contributed by atoms with E-state index in [1.165, 1.54) is 6.92 Å². The van der Waals surface area contributed by atoms with Crippen molar-refractivity contribution in [1.29, 1.82) is 0 Å². The molecule has 0 bridgehead atoms. The zero-order valence-electron chi connectivity index (χ0n) is 5.59. The van der Waals surface area contributed by atoms with Gasteiger partial charge in [-0.05, 0) is 6.92 Å². The Morgan fingerprint density at radius 3 is 2.00 bits per heavy atom. The van der Waals surface area contributed by atoms with Gasteiger partial charge in [0.25, 0.3) is 10.1 Å². The molecule has 0 atom stereocenters. The van der Waals surface area contributed by atoms with Crippen molar-refractivity contribution >= 4 is 39.7 Å². The van der Waals surface area contributed by atoms with Crippen LogP contribution >= 0.6 is 0 Å². The average Bonchev–Trinajstić information content (AvgIpc) is 1.21. The third-order valence-electron chi connectivity index (χ3n) is 0.429. The van der Waals surface area contributed by atoms with E-state index in [4.69, 9.17) is 4.55 Å². The second-order valence-electron chi connectivity index (χ2n) is 1.68. The van der Waals surface area contributed by atoms with Crippen LogP contribution in [0.3, 0.4) is 0 Å². The third kappa shape index (κ3) is 12.0. The van der Waals surface area contributed by atoms with Gasteiger partial charge in [-0.2, -0.15) is 8.42 Å². The van der Waals surface area contributed by atoms with Gasteiger partial charge in [0, 0.05) is 29.6 Å². The Morgan fingerprint density at radius 2 is 2.00 bits per heavy atom. The Balaban J connectivity index is 0. The molecule has 0 aromatic heterocycles. The molecule has 0 unspecified atom stereocenters. The molecule has 49 valence electrons. The molecule has 3 nitrogen and oxygen atoms in total. The fourth-order valence-corrected chi connectivity index (χ4v) is 0.934. The fraction of sp³-hybridized carbons (Fsp3) is 0.500. The van der Waals surface area contributed by atoms with Gasteiger partial charge in [-0.3, -0.25) is 4.55 Å². The second kappa shape index (κ2) is 4.46. The Hall–Kier alpha value is 0.650. The molecule has 9 heavy (non-hydrogen) atoms. The van der Waals surface area contributed by atoms with Gasteiger partial charge < -0.3 is 0 Å². The maximum absolute atomic E-state index is 9.94. The van der Waals surface area contributed by atoms with E-state index in [1.54, 1.807) is 0 Å². The van der Waals surface area contributed by atoms with Crippen LogP contribution in [0.5, 0.6) is 0 Å². The average molecular weight is 159 g/mol. The number of hydrogen-bond donors (Lipinski definition) is 1. The summed E-state index contributed by atoms with van der Waals surface area (Å²) >= 11 is 0. The summed E-state index contributed by atoms with van der Waals surface area (Å²) in [4.78, 5) is 0. The van der Waals surface area contributed by atoms with Gasteiger partial charge in [-0.25, -0.2) is 0 Å². The van der Waals surface area contributed by atoms with Crippen LogP contribution < -0.4 is 0 Å². The molecule has 0 fully saturated rings. The van der Waals surface area contributed by atoms with E-state index in [0.29, 0.717) is 5.57 Å². The minimum absolute atomic E-state index is 0. The molecule has 1 N–H and O–H groups in total. The van der Waals surface area contributed by atoms with Crippen LogP contribution in [0.4, 0.5) is 0 Å². The van der Waals surface area contributed by atoms with Crippen molar-refractivity contribution in [2.24, 2.45) is 0 Å². The SMILES string of the molecule is C=C(C)CS(=O)(=O)O.[Na]. The monoisotopic (exact) mass is 159 g/mol. The van der Waals surface area contributed by atoms with Crippen LogP contribution in [0, 0.1) is 0 Å². The molecule has 0 saturated carbocycles. The molecule has 0 rings (SSSR count). The van der Waals surface area contributed by atoms with Gasteiger partial charge in [0.05, 0.1) is 5.75 Å².